The first-order chi connectivity index (χ1) is 15.7. The molecule has 0 spiro atoms. The summed E-state index contributed by atoms with van der Waals surface area (Å²) in [5.74, 6) is 3.63. The van der Waals surface area contributed by atoms with Gasteiger partial charge in [0, 0.05) is 0 Å². The van der Waals surface area contributed by atoms with Gasteiger partial charge in [0.05, 0.1) is 0 Å². The van der Waals surface area contributed by atoms with Gasteiger partial charge in [0.25, 0.3) is 0 Å². The molecule has 0 atom stereocenters. The molecule has 0 N–H and O–H groups in total. The summed E-state index contributed by atoms with van der Waals surface area (Å²) in [6, 6.07) is 19.2. The van der Waals surface area contributed by atoms with Gasteiger partial charge in [-0.25, -0.2) is 0 Å². The third-order valence-corrected chi connectivity index (χ3v) is 8.66. The highest BCUT2D eigenvalue weighted by molar-refractivity contribution is 5.27. The van der Waals surface area contributed by atoms with Crippen LogP contribution >= 0.6 is 0 Å². The molecule has 2 aromatic rings. The molecule has 4 rings (SSSR count). The lowest BCUT2D eigenvalue weighted by Gasteiger charge is -2.32. The van der Waals surface area contributed by atoms with Crippen molar-refractivity contribution in [1.29, 1.82) is 0 Å². The van der Waals surface area contributed by atoms with E-state index in [9.17, 15) is 0 Å². The molecule has 32 heavy (non-hydrogen) atoms. The average molecular weight is 431 g/mol. The highest BCUT2D eigenvalue weighted by Gasteiger charge is 2.26. The van der Waals surface area contributed by atoms with Crippen molar-refractivity contribution in [3.8, 4) is 0 Å². The van der Waals surface area contributed by atoms with E-state index in [1.165, 1.54) is 101 Å². The molecule has 0 saturated heterocycles. The van der Waals surface area contributed by atoms with Crippen LogP contribution in [0.25, 0.3) is 0 Å². The van der Waals surface area contributed by atoms with Gasteiger partial charge in [0.1, 0.15) is 0 Å². The number of aryl methyl sites for hydroxylation is 2. The van der Waals surface area contributed by atoms with Crippen LogP contribution in [0.4, 0.5) is 0 Å². The summed E-state index contributed by atoms with van der Waals surface area (Å²) in [7, 11) is 0. The Balaban J connectivity index is 1.15. The van der Waals surface area contributed by atoms with Crippen LogP contribution in [-0.2, 0) is 12.8 Å². The molecule has 0 heteroatoms. The van der Waals surface area contributed by atoms with Gasteiger partial charge in [0.15, 0.2) is 0 Å². The van der Waals surface area contributed by atoms with Crippen molar-refractivity contribution in [2.24, 2.45) is 11.8 Å². The summed E-state index contributed by atoms with van der Waals surface area (Å²) < 4.78 is 0. The van der Waals surface area contributed by atoms with E-state index in [-0.39, 0.29) is 0 Å². The number of hydrogen-bond acceptors (Lipinski definition) is 0. The Morgan fingerprint density at radius 2 is 0.844 bits per heavy atom. The number of rotatable bonds is 9. The third-order valence-electron chi connectivity index (χ3n) is 8.66. The van der Waals surface area contributed by atoms with Gasteiger partial charge in [-0.1, -0.05) is 88.1 Å². The van der Waals surface area contributed by atoms with E-state index >= 15 is 0 Å². The Morgan fingerprint density at radius 1 is 0.500 bits per heavy atom. The first-order valence-corrected chi connectivity index (χ1v) is 13.9. The normalized spacial score (nSPS) is 26.2. The second kappa shape index (κ2) is 12.1. The Morgan fingerprint density at radius 3 is 1.16 bits per heavy atom. The van der Waals surface area contributed by atoms with Crippen molar-refractivity contribution in [2.75, 3.05) is 0 Å². The zero-order valence-electron chi connectivity index (χ0n) is 20.8. The molecule has 0 amide bonds. The fourth-order valence-electron chi connectivity index (χ4n) is 6.53. The Hall–Kier alpha value is -1.56. The van der Waals surface area contributed by atoms with Crippen LogP contribution in [0.15, 0.2) is 48.5 Å². The van der Waals surface area contributed by atoms with Gasteiger partial charge in [-0.05, 0) is 110 Å². The van der Waals surface area contributed by atoms with Crippen LogP contribution < -0.4 is 0 Å². The van der Waals surface area contributed by atoms with Crippen molar-refractivity contribution in [3.05, 3.63) is 70.8 Å². The molecule has 2 aliphatic rings. The lowest BCUT2D eigenvalue weighted by atomic mass is 9.73. The topological polar surface area (TPSA) is 0 Å². The maximum atomic E-state index is 2.42. The number of hydrogen-bond donors (Lipinski definition) is 0. The Bertz CT molecular complexity index is 698. The van der Waals surface area contributed by atoms with Gasteiger partial charge in [-0.3, -0.25) is 0 Å². The average Bonchev–Trinajstić information content (AvgIpc) is 2.85. The van der Waals surface area contributed by atoms with Gasteiger partial charge < -0.3 is 0 Å². The Kier molecular flexibility index (Phi) is 8.89. The summed E-state index contributed by atoms with van der Waals surface area (Å²) >= 11 is 0. The molecular weight excluding hydrogens is 384 g/mol. The molecule has 2 aliphatic carbocycles. The van der Waals surface area contributed by atoms with E-state index in [0.29, 0.717) is 0 Å². The first-order valence-electron chi connectivity index (χ1n) is 13.9. The molecule has 0 bridgehead atoms. The second-order valence-corrected chi connectivity index (χ2v) is 11.0. The fourth-order valence-corrected chi connectivity index (χ4v) is 6.53. The molecule has 2 saturated carbocycles. The van der Waals surface area contributed by atoms with E-state index in [1.807, 2.05) is 0 Å². The van der Waals surface area contributed by atoms with Crippen LogP contribution in [0.1, 0.15) is 125 Å². The highest BCUT2D eigenvalue weighted by Crippen LogP contribution is 2.41. The van der Waals surface area contributed by atoms with Crippen molar-refractivity contribution in [3.63, 3.8) is 0 Å². The molecule has 0 nitrogen and oxygen atoms in total. The van der Waals surface area contributed by atoms with Gasteiger partial charge in [0.2, 0.25) is 0 Å². The zero-order valence-corrected chi connectivity index (χ0v) is 20.8. The van der Waals surface area contributed by atoms with Crippen molar-refractivity contribution in [2.45, 2.75) is 116 Å². The smallest absolute Gasteiger partial charge is 0.0162 e. The minimum Gasteiger partial charge on any atom is -0.0651 e. The van der Waals surface area contributed by atoms with Crippen LogP contribution in [0, 0.1) is 11.8 Å². The van der Waals surface area contributed by atoms with Crippen LogP contribution in [0.2, 0.25) is 0 Å². The van der Waals surface area contributed by atoms with E-state index in [2.05, 4.69) is 62.4 Å². The zero-order chi connectivity index (χ0) is 22.2. The van der Waals surface area contributed by atoms with E-state index in [4.69, 9.17) is 0 Å². The number of benzene rings is 2. The Labute approximate surface area is 198 Å². The summed E-state index contributed by atoms with van der Waals surface area (Å²) in [6.07, 6.45) is 19.4. The largest absolute Gasteiger partial charge is 0.0651 e. The predicted molar refractivity (Wildman–Crippen MR) is 140 cm³/mol. The minimum atomic E-state index is 0.820. The SMILES string of the molecule is CCCc1ccc(C2CCC(CCC3CCC(c4ccc(CCC)cc4)CC3)CC2)cc1. The molecule has 0 heterocycles. The third kappa shape index (κ3) is 6.49. The highest BCUT2D eigenvalue weighted by atomic mass is 14.3. The molecule has 0 aromatic heterocycles. The maximum Gasteiger partial charge on any atom is -0.0162 e. The molecule has 0 aliphatic heterocycles. The summed E-state index contributed by atoms with van der Waals surface area (Å²) in [5.41, 5.74) is 6.22. The predicted octanol–water partition coefficient (Wildman–Crippen LogP) is 9.62. The molecule has 2 fully saturated rings. The van der Waals surface area contributed by atoms with E-state index in [1.54, 1.807) is 11.1 Å². The van der Waals surface area contributed by atoms with Crippen molar-refractivity contribution >= 4 is 0 Å². The molecular formula is C32H46. The maximum absolute atomic E-state index is 2.42. The van der Waals surface area contributed by atoms with E-state index < -0.39 is 0 Å². The quantitative estimate of drug-likeness (QED) is 0.371. The van der Waals surface area contributed by atoms with Gasteiger partial charge in [-0.15, -0.1) is 0 Å². The summed E-state index contributed by atoms with van der Waals surface area (Å²) in [6.45, 7) is 4.54. The lowest BCUT2D eigenvalue weighted by molar-refractivity contribution is 0.252. The van der Waals surface area contributed by atoms with Crippen LogP contribution in [0.3, 0.4) is 0 Å². The van der Waals surface area contributed by atoms with Crippen molar-refractivity contribution < 1.29 is 0 Å². The second-order valence-electron chi connectivity index (χ2n) is 11.0. The molecule has 0 radical (unpaired) electrons. The fraction of sp³-hybridized carbons (Fsp3) is 0.625. The summed E-state index contributed by atoms with van der Waals surface area (Å²) in [5, 5.41) is 0. The van der Waals surface area contributed by atoms with Crippen LogP contribution in [0.5, 0.6) is 0 Å². The lowest BCUT2D eigenvalue weighted by Crippen LogP contribution is -2.17. The summed E-state index contributed by atoms with van der Waals surface area (Å²) in [4.78, 5) is 0. The molecule has 2 aromatic carbocycles. The first kappa shape index (κ1) is 23.6. The minimum absolute atomic E-state index is 0.820. The standard InChI is InChI=1S/C32H46/c1-3-5-25-9-17-29(18-10-25)31-21-13-27(14-22-31)7-8-28-15-23-32(24-16-28)30-19-11-26(6-4-2)12-20-30/h9-12,17-20,27-28,31-32H,3-8,13-16,21-24H2,1-2H3. The molecule has 0 unspecified atom stereocenters. The monoisotopic (exact) mass is 430 g/mol. The van der Waals surface area contributed by atoms with Gasteiger partial charge in [-0.2, -0.15) is 0 Å². The van der Waals surface area contributed by atoms with Crippen molar-refractivity contribution in [1.82, 2.24) is 0 Å². The molecule has 174 valence electrons. The van der Waals surface area contributed by atoms with Crippen LogP contribution in [-0.4, -0.2) is 0 Å². The van der Waals surface area contributed by atoms with Gasteiger partial charge >= 0.3 is 0 Å². The van der Waals surface area contributed by atoms with E-state index in [0.717, 1.165) is 23.7 Å².